The normalized spacial score (nSPS) is 21.9. The molecule has 1 aromatic rings. The molecular formula is C17H21FN2O. The van der Waals surface area contributed by atoms with Gasteiger partial charge >= 0.3 is 0 Å². The molecule has 1 unspecified atom stereocenters. The van der Waals surface area contributed by atoms with Gasteiger partial charge in [0, 0.05) is 38.3 Å². The van der Waals surface area contributed by atoms with E-state index in [1.807, 2.05) is 4.90 Å². The fourth-order valence-corrected chi connectivity index (χ4v) is 3.08. The van der Waals surface area contributed by atoms with Crippen LogP contribution in [0.25, 0.3) is 0 Å². The van der Waals surface area contributed by atoms with Crippen molar-refractivity contribution in [2.75, 3.05) is 31.1 Å². The average molecular weight is 288 g/mol. The lowest BCUT2D eigenvalue weighted by Gasteiger charge is -2.36. The van der Waals surface area contributed by atoms with E-state index in [0.29, 0.717) is 12.3 Å². The lowest BCUT2D eigenvalue weighted by atomic mass is 10.0. The van der Waals surface area contributed by atoms with Crippen LogP contribution in [0.5, 0.6) is 0 Å². The number of amides is 1. The number of carbonyl (C=O) groups excluding carboxylic acids is 1. The first kappa shape index (κ1) is 14.1. The first-order chi connectivity index (χ1) is 10.2. The Morgan fingerprint density at radius 2 is 1.86 bits per heavy atom. The Morgan fingerprint density at radius 1 is 1.14 bits per heavy atom. The lowest BCUT2D eigenvalue weighted by molar-refractivity contribution is -0.132. The van der Waals surface area contributed by atoms with E-state index in [-0.39, 0.29) is 11.7 Å². The molecule has 0 N–H and O–H groups in total. The van der Waals surface area contributed by atoms with Crippen LogP contribution in [0.2, 0.25) is 0 Å². The van der Waals surface area contributed by atoms with Gasteiger partial charge in [-0.2, -0.15) is 0 Å². The minimum Gasteiger partial charge on any atom is -0.368 e. The molecule has 2 aliphatic rings. The van der Waals surface area contributed by atoms with Crippen molar-refractivity contribution in [2.45, 2.75) is 19.3 Å². The Hall–Kier alpha value is -1.84. The molecule has 1 amide bonds. The highest BCUT2D eigenvalue weighted by Crippen LogP contribution is 2.22. The van der Waals surface area contributed by atoms with Crippen LogP contribution in [0.1, 0.15) is 19.3 Å². The van der Waals surface area contributed by atoms with Crippen LogP contribution in [-0.2, 0) is 4.79 Å². The van der Waals surface area contributed by atoms with Gasteiger partial charge in [0.05, 0.1) is 0 Å². The van der Waals surface area contributed by atoms with Crippen LogP contribution >= 0.6 is 0 Å². The molecule has 0 bridgehead atoms. The summed E-state index contributed by atoms with van der Waals surface area (Å²) in [4.78, 5) is 16.4. The molecule has 0 spiro atoms. The van der Waals surface area contributed by atoms with Gasteiger partial charge in [0.25, 0.3) is 0 Å². The number of rotatable bonds is 3. The summed E-state index contributed by atoms with van der Waals surface area (Å²) < 4.78 is 12.9. The molecule has 4 heteroatoms. The molecule has 3 nitrogen and oxygen atoms in total. The van der Waals surface area contributed by atoms with Gasteiger partial charge in [0.2, 0.25) is 5.91 Å². The molecule has 112 valence electrons. The Morgan fingerprint density at radius 3 is 2.48 bits per heavy atom. The van der Waals surface area contributed by atoms with Crippen molar-refractivity contribution < 1.29 is 9.18 Å². The van der Waals surface area contributed by atoms with Gasteiger partial charge in [-0.25, -0.2) is 4.39 Å². The van der Waals surface area contributed by atoms with Crippen molar-refractivity contribution in [3.05, 3.63) is 42.2 Å². The summed E-state index contributed by atoms with van der Waals surface area (Å²) in [6.45, 7) is 3.15. The summed E-state index contributed by atoms with van der Waals surface area (Å²) in [5, 5.41) is 0. The Kier molecular flexibility index (Phi) is 4.23. The summed E-state index contributed by atoms with van der Waals surface area (Å²) in [7, 11) is 0. The highest BCUT2D eigenvalue weighted by Gasteiger charge is 2.23. The quantitative estimate of drug-likeness (QED) is 0.799. The number of hydrogen-bond acceptors (Lipinski definition) is 2. The molecule has 1 aliphatic heterocycles. The third-order valence-electron chi connectivity index (χ3n) is 4.37. The molecule has 0 radical (unpaired) electrons. The maximum absolute atomic E-state index is 12.9. The number of piperazine rings is 1. The van der Waals surface area contributed by atoms with Crippen LogP contribution in [0.3, 0.4) is 0 Å². The first-order valence-electron chi connectivity index (χ1n) is 7.67. The molecular weight excluding hydrogens is 267 g/mol. The van der Waals surface area contributed by atoms with Crippen LogP contribution < -0.4 is 4.90 Å². The number of carbonyl (C=O) groups is 1. The Labute approximate surface area is 125 Å². The van der Waals surface area contributed by atoms with E-state index in [2.05, 4.69) is 17.1 Å². The molecule has 21 heavy (non-hydrogen) atoms. The third kappa shape index (κ3) is 3.43. The Balaban J connectivity index is 1.51. The number of nitrogens with zero attached hydrogens (tertiary/aromatic N) is 2. The minimum absolute atomic E-state index is 0.211. The van der Waals surface area contributed by atoms with E-state index in [1.165, 1.54) is 12.1 Å². The number of benzene rings is 1. The molecule has 1 saturated heterocycles. The predicted octanol–water partition coefficient (Wildman–Crippen LogP) is 2.83. The topological polar surface area (TPSA) is 23.6 Å². The van der Waals surface area contributed by atoms with Gasteiger partial charge in [0.15, 0.2) is 0 Å². The van der Waals surface area contributed by atoms with E-state index >= 15 is 0 Å². The zero-order valence-corrected chi connectivity index (χ0v) is 12.2. The predicted molar refractivity (Wildman–Crippen MR) is 81.7 cm³/mol. The fraction of sp³-hybridized carbons (Fsp3) is 0.471. The van der Waals surface area contributed by atoms with Crippen molar-refractivity contribution in [3.63, 3.8) is 0 Å². The molecule has 1 aromatic carbocycles. The SMILES string of the molecule is O=C(CC1C=CCC1)N1CCN(c2ccc(F)cc2)CC1. The van der Waals surface area contributed by atoms with Crippen molar-refractivity contribution >= 4 is 11.6 Å². The molecule has 0 aromatic heterocycles. The number of allylic oxidation sites excluding steroid dienone is 2. The van der Waals surface area contributed by atoms with Crippen LogP contribution in [0, 0.1) is 11.7 Å². The van der Waals surface area contributed by atoms with Gasteiger partial charge < -0.3 is 9.80 Å². The average Bonchev–Trinajstić information content (AvgIpc) is 3.01. The highest BCUT2D eigenvalue weighted by atomic mass is 19.1. The first-order valence-corrected chi connectivity index (χ1v) is 7.67. The van der Waals surface area contributed by atoms with E-state index in [4.69, 9.17) is 0 Å². The van der Waals surface area contributed by atoms with Crippen LogP contribution in [0.4, 0.5) is 10.1 Å². The van der Waals surface area contributed by atoms with Gasteiger partial charge in [-0.15, -0.1) is 0 Å². The molecule has 1 aliphatic carbocycles. The second-order valence-corrected chi connectivity index (χ2v) is 5.81. The van der Waals surface area contributed by atoms with Gasteiger partial charge in [-0.1, -0.05) is 12.2 Å². The molecule has 0 saturated carbocycles. The minimum atomic E-state index is -0.211. The number of hydrogen-bond donors (Lipinski definition) is 0. The lowest BCUT2D eigenvalue weighted by Crippen LogP contribution is -2.49. The van der Waals surface area contributed by atoms with Crippen molar-refractivity contribution in [1.29, 1.82) is 0 Å². The van der Waals surface area contributed by atoms with E-state index in [0.717, 1.165) is 44.7 Å². The summed E-state index contributed by atoms with van der Waals surface area (Å²) in [6.07, 6.45) is 7.21. The fourth-order valence-electron chi connectivity index (χ4n) is 3.08. The zero-order chi connectivity index (χ0) is 14.7. The molecule has 1 atom stereocenters. The summed E-state index contributed by atoms with van der Waals surface area (Å²) in [5.41, 5.74) is 1.03. The third-order valence-corrected chi connectivity index (χ3v) is 4.37. The second-order valence-electron chi connectivity index (χ2n) is 5.81. The van der Waals surface area contributed by atoms with Gasteiger partial charge in [0.1, 0.15) is 5.82 Å². The van der Waals surface area contributed by atoms with E-state index < -0.39 is 0 Å². The van der Waals surface area contributed by atoms with E-state index in [1.54, 1.807) is 12.1 Å². The summed E-state index contributed by atoms with van der Waals surface area (Å²) >= 11 is 0. The van der Waals surface area contributed by atoms with Crippen LogP contribution in [0.15, 0.2) is 36.4 Å². The van der Waals surface area contributed by atoms with Gasteiger partial charge in [-0.05, 0) is 43.0 Å². The molecule has 3 rings (SSSR count). The standard InChI is InChI=1S/C17H21FN2O/c18-15-5-7-16(8-6-15)19-9-11-20(12-10-19)17(21)13-14-3-1-2-4-14/h1,3,5-8,14H,2,4,9-13H2. The number of anilines is 1. The maximum atomic E-state index is 12.9. The highest BCUT2D eigenvalue weighted by molar-refractivity contribution is 5.77. The van der Waals surface area contributed by atoms with Crippen molar-refractivity contribution in [3.8, 4) is 0 Å². The van der Waals surface area contributed by atoms with Crippen LogP contribution in [-0.4, -0.2) is 37.0 Å². The van der Waals surface area contributed by atoms with E-state index in [9.17, 15) is 9.18 Å². The van der Waals surface area contributed by atoms with Crippen molar-refractivity contribution in [1.82, 2.24) is 4.90 Å². The summed E-state index contributed by atoms with van der Waals surface area (Å²) in [5.74, 6) is 0.495. The summed E-state index contributed by atoms with van der Waals surface area (Å²) in [6, 6.07) is 6.57. The maximum Gasteiger partial charge on any atom is 0.223 e. The van der Waals surface area contributed by atoms with Gasteiger partial charge in [-0.3, -0.25) is 4.79 Å². The zero-order valence-electron chi connectivity index (χ0n) is 12.2. The second kappa shape index (κ2) is 6.29. The van der Waals surface area contributed by atoms with Crippen molar-refractivity contribution in [2.24, 2.45) is 5.92 Å². The molecule has 1 fully saturated rings. The molecule has 1 heterocycles. The Bertz CT molecular complexity index is 518. The smallest absolute Gasteiger partial charge is 0.223 e. The monoisotopic (exact) mass is 288 g/mol. The number of halogens is 1. The largest absolute Gasteiger partial charge is 0.368 e.